The molecule has 1 rings (SSSR count). The van der Waals surface area contributed by atoms with E-state index >= 15 is 0 Å². The Hall–Kier alpha value is -2.04. The first kappa shape index (κ1) is 10.0. The first-order chi connectivity index (χ1) is 6.72. The van der Waals surface area contributed by atoms with E-state index in [1.807, 2.05) is 19.1 Å². The summed E-state index contributed by atoms with van der Waals surface area (Å²) in [6, 6.07) is 7.25. The second kappa shape index (κ2) is 4.86. The van der Waals surface area contributed by atoms with Crippen molar-refractivity contribution in [2.24, 2.45) is 10.4 Å². The molecule has 0 aliphatic rings. The number of carbonyl (C=O) groups excluding carboxylic acids is 1. The van der Waals surface area contributed by atoms with Gasteiger partial charge >= 0.3 is 0 Å². The van der Waals surface area contributed by atoms with Crippen LogP contribution in [-0.4, -0.2) is 12.1 Å². The second-order valence-corrected chi connectivity index (χ2v) is 2.68. The summed E-state index contributed by atoms with van der Waals surface area (Å²) in [5, 5.41) is 7.62. The van der Waals surface area contributed by atoms with Crippen LogP contribution < -0.4 is 5.32 Å². The zero-order valence-electron chi connectivity index (χ0n) is 7.60. The van der Waals surface area contributed by atoms with Crippen LogP contribution in [0, 0.1) is 11.8 Å². The minimum absolute atomic E-state index is 0.478. The number of hydrogen-bond acceptors (Lipinski definition) is 3. The summed E-state index contributed by atoms with van der Waals surface area (Å²) in [4.78, 5) is 20.6. The lowest BCUT2D eigenvalue weighted by atomic mass is 10.2. The zero-order chi connectivity index (χ0) is 10.4. The number of aryl methyl sites for hydroxylation is 1. The number of amides is 1. The predicted octanol–water partition coefficient (Wildman–Crippen LogP) is 1.69. The van der Waals surface area contributed by atoms with Gasteiger partial charge in [-0.2, -0.15) is 0 Å². The molecule has 0 aliphatic carbocycles. The van der Waals surface area contributed by atoms with Crippen molar-refractivity contribution in [2.75, 3.05) is 5.32 Å². The first-order valence-corrected chi connectivity index (χ1v) is 3.95. The average Bonchev–Trinajstić information content (AvgIpc) is 2.18. The van der Waals surface area contributed by atoms with Crippen molar-refractivity contribution in [3.8, 4) is 0 Å². The summed E-state index contributed by atoms with van der Waals surface area (Å²) in [5.41, 5.74) is 1.75. The molecule has 0 saturated heterocycles. The molecular weight excluding hydrogens is 182 g/mol. The summed E-state index contributed by atoms with van der Waals surface area (Å²) in [7, 11) is 0. The first-order valence-electron chi connectivity index (χ1n) is 3.95. The van der Waals surface area contributed by atoms with E-state index in [-0.39, 0.29) is 0 Å². The normalized spacial score (nSPS) is 10.1. The molecule has 14 heavy (non-hydrogen) atoms. The van der Waals surface area contributed by atoms with Crippen LogP contribution in [0.3, 0.4) is 0 Å². The van der Waals surface area contributed by atoms with Crippen molar-refractivity contribution in [1.82, 2.24) is 0 Å². The van der Waals surface area contributed by atoms with Gasteiger partial charge in [0, 0.05) is 5.69 Å². The number of carbonyl (C=O) groups is 1. The molecule has 0 aromatic heterocycles. The highest BCUT2D eigenvalue weighted by Crippen LogP contribution is 2.07. The van der Waals surface area contributed by atoms with E-state index in [4.69, 9.17) is 0 Å². The molecule has 72 valence electrons. The number of nitrogens with one attached hydrogen (secondary N) is 1. The highest BCUT2D eigenvalue weighted by atomic mass is 16.3. The molecule has 0 unspecified atom stereocenters. The van der Waals surface area contributed by atoms with Gasteiger partial charge in [-0.25, -0.2) is 0 Å². The predicted molar refractivity (Wildman–Crippen MR) is 54.1 cm³/mol. The molecular formula is C9H9N3O2. The fraction of sp³-hybridized carbons (Fsp3) is 0.111. The van der Waals surface area contributed by atoms with Crippen molar-refractivity contribution in [2.45, 2.75) is 6.92 Å². The molecule has 5 heteroatoms. The van der Waals surface area contributed by atoms with E-state index in [2.05, 4.69) is 15.7 Å². The summed E-state index contributed by atoms with van der Waals surface area (Å²) < 4.78 is 0. The van der Waals surface area contributed by atoms with E-state index in [1.165, 1.54) is 0 Å². The SMILES string of the molecule is Cc1ccc(NC(=O)/C=N/N=O)cc1. The topological polar surface area (TPSA) is 70.9 Å². The third-order valence-electron chi connectivity index (χ3n) is 1.54. The van der Waals surface area contributed by atoms with E-state index in [0.717, 1.165) is 11.8 Å². The molecule has 5 nitrogen and oxygen atoms in total. The molecule has 0 aliphatic heterocycles. The van der Waals surface area contributed by atoms with Crippen LogP contribution in [0.1, 0.15) is 5.56 Å². The lowest BCUT2D eigenvalue weighted by Gasteiger charge is -2.00. The van der Waals surface area contributed by atoms with Crippen molar-refractivity contribution >= 4 is 17.8 Å². The third-order valence-corrected chi connectivity index (χ3v) is 1.54. The lowest BCUT2D eigenvalue weighted by molar-refractivity contribution is -0.110. The maximum absolute atomic E-state index is 11.0. The standard InChI is InChI=1S/C9H9N3O2/c1-7-2-4-8(5-3-7)11-9(13)6-10-12-14/h2-6H,1H3,(H,11,13)/b10-6+. The molecule has 1 amide bonds. The number of benzene rings is 1. The van der Waals surface area contributed by atoms with E-state index < -0.39 is 5.91 Å². The van der Waals surface area contributed by atoms with Crippen LogP contribution in [0.5, 0.6) is 0 Å². The lowest BCUT2D eigenvalue weighted by Crippen LogP contribution is -2.12. The smallest absolute Gasteiger partial charge is 0.268 e. The van der Waals surface area contributed by atoms with Gasteiger partial charge in [0.1, 0.15) is 6.21 Å². The Morgan fingerprint density at radius 2 is 2.00 bits per heavy atom. The zero-order valence-corrected chi connectivity index (χ0v) is 7.60. The van der Waals surface area contributed by atoms with Gasteiger partial charge in [-0.3, -0.25) is 4.79 Å². The Morgan fingerprint density at radius 3 is 2.57 bits per heavy atom. The summed E-state index contributed by atoms with van der Waals surface area (Å²) >= 11 is 0. The summed E-state index contributed by atoms with van der Waals surface area (Å²) in [5.74, 6) is -0.478. The van der Waals surface area contributed by atoms with Crippen LogP contribution in [-0.2, 0) is 4.79 Å². The van der Waals surface area contributed by atoms with Gasteiger partial charge in [0.2, 0.25) is 0 Å². The van der Waals surface area contributed by atoms with Gasteiger partial charge in [-0.05, 0) is 19.1 Å². The fourth-order valence-electron chi connectivity index (χ4n) is 0.887. The van der Waals surface area contributed by atoms with Crippen LogP contribution in [0.2, 0.25) is 0 Å². The highest BCUT2D eigenvalue weighted by Gasteiger charge is 1.97. The largest absolute Gasteiger partial charge is 0.321 e. The number of nitroso groups, excluding NO2 is 1. The summed E-state index contributed by atoms with van der Waals surface area (Å²) in [6.07, 6.45) is 0.826. The monoisotopic (exact) mass is 191 g/mol. The van der Waals surface area contributed by atoms with Gasteiger partial charge in [-0.15, -0.1) is 10.0 Å². The molecule has 1 N–H and O–H groups in total. The van der Waals surface area contributed by atoms with E-state index in [9.17, 15) is 9.70 Å². The second-order valence-electron chi connectivity index (χ2n) is 2.68. The fourth-order valence-corrected chi connectivity index (χ4v) is 0.887. The molecule has 0 saturated carbocycles. The molecule has 1 aromatic carbocycles. The molecule has 0 spiro atoms. The minimum atomic E-state index is -0.478. The molecule has 1 aromatic rings. The van der Waals surface area contributed by atoms with Crippen molar-refractivity contribution in [3.05, 3.63) is 34.7 Å². The van der Waals surface area contributed by atoms with Crippen LogP contribution in [0.15, 0.2) is 34.7 Å². The molecule has 0 fully saturated rings. The average molecular weight is 191 g/mol. The quantitative estimate of drug-likeness (QED) is 0.448. The van der Waals surface area contributed by atoms with Gasteiger partial charge in [-0.1, -0.05) is 17.7 Å². The Bertz CT molecular complexity index is 357. The van der Waals surface area contributed by atoms with Crippen LogP contribution >= 0.6 is 0 Å². The van der Waals surface area contributed by atoms with Crippen molar-refractivity contribution < 1.29 is 4.79 Å². The highest BCUT2D eigenvalue weighted by molar-refractivity contribution is 6.31. The van der Waals surface area contributed by atoms with Gasteiger partial charge < -0.3 is 5.32 Å². The molecule has 0 radical (unpaired) electrons. The van der Waals surface area contributed by atoms with Gasteiger partial charge in [0.05, 0.1) is 5.29 Å². The maximum atomic E-state index is 11.0. The number of hydrogen-bond donors (Lipinski definition) is 1. The Labute approximate surface area is 80.8 Å². The summed E-state index contributed by atoms with van der Waals surface area (Å²) in [6.45, 7) is 1.95. The molecule has 0 heterocycles. The van der Waals surface area contributed by atoms with Crippen LogP contribution in [0.25, 0.3) is 0 Å². The number of rotatable bonds is 3. The van der Waals surface area contributed by atoms with Gasteiger partial charge in [0.15, 0.2) is 0 Å². The number of nitrogens with zero attached hydrogens (tertiary/aromatic N) is 2. The van der Waals surface area contributed by atoms with E-state index in [0.29, 0.717) is 5.69 Å². The minimum Gasteiger partial charge on any atom is -0.321 e. The van der Waals surface area contributed by atoms with Crippen molar-refractivity contribution in [3.63, 3.8) is 0 Å². The Balaban J connectivity index is 2.60. The third kappa shape index (κ3) is 3.14. The van der Waals surface area contributed by atoms with Gasteiger partial charge in [0.25, 0.3) is 5.91 Å². The maximum Gasteiger partial charge on any atom is 0.268 e. The van der Waals surface area contributed by atoms with Crippen molar-refractivity contribution in [1.29, 1.82) is 0 Å². The Morgan fingerprint density at radius 1 is 1.36 bits per heavy atom. The number of anilines is 1. The van der Waals surface area contributed by atoms with Crippen LogP contribution in [0.4, 0.5) is 5.69 Å². The molecule has 0 bridgehead atoms. The molecule has 0 atom stereocenters. The van der Waals surface area contributed by atoms with E-state index in [1.54, 1.807) is 12.1 Å². The Kier molecular flexibility index (Phi) is 3.49.